The number of rotatable bonds is 3. The number of carbonyl (C=O) groups is 1. The largest absolute Gasteiger partial charge is 0.338 e. The average Bonchev–Trinajstić information content (AvgIpc) is 2.31. The molecule has 0 fully saturated rings. The first kappa shape index (κ1) is 13.1. The zero-order chi connectivity index (χ0) is 13.0. The van der Waals surface area contributed by atoms with E-state index in [0.717, 1.165) is 6.07 Å². The van der Waals surface area contributed by atoms with E-state index in [9.17, 15) is 13.6 Å². The van der Waals surface area contributed by atoms with Gasteiger partial charge in [-0.15, -0.1) is 0 Å². The third-order valence-corrected chi connectivity index (χ3v) is 2.55. The maximum absolute atomic E-state index is 13.4. The van der Waals surface area contributed by atoms with Gasteiger partial charge in [0.25, 0.3) is 5.91 Å². The Morgan fingerprint density at radius 2 is 2.18 bits per heavy atom. The Bertz CT molecular complexity index is 468. The van der Waals surface area contributed by atoms with Gasteiger partial charge in [-0.25, -0.2) is 8.78 Å². The molecule has 0 N–H and O–H groups in total. The molecule has 3 nitrogen and oxygen atoms in total. The smallest absolute Gasteiger partial charge is 0.256 e. The molecule has 0 aliphatic heterocycles. The molecular formula is C12H12F2N2O. The number of nitrogens with zero attached hydrogens (tertiary/aromatic N) is 2. The van der Waals surface area contributed by atoms with Gasteiger partial charge in [-0.3, -0.25) is 4.79 Å². The summed E-state index contributed by atoms with van der Waals surface area (Å²) >= 11 is 0. The zero-order valence-corrected chi connectivity index (χ0v) is 9.58. The summed E-state index contributed by atoms with van der Waals surface area (Å²) < 4.78 is 26.3. The van der Waals surface area contributed by atoms with E-state index in [-0.39, 0.29) is 18.0 Å². The van der Waals surface area contributed by atoms with E-state index in [1.54, 1.807) is 6.92 Å². The Morgan fingerprint density at radius 3 is 2.76 bits per heavy atom. The third-order valence-electron chi connectivity index (χ3n) is 2.55. The van der Waals surface area contributed by atoms with Crippen LogP contribution in [0.4, 0.5) is 8.78 Å². The van der Waals surface area contributed by atoms with E-state index in [0.29, 0.717) is 0 Å². The van der Waals surface area contributed by atoms with Crippen molar-refractivity contribution in [2.24, 2.45) is 0 Å². The van der Waals surface area contributed by atoms with Gasteiger partial charge >= 0.3 is 0 Å². The molecule has 1 aromatic rings. The first-order valence-electron chi connectivity index (χ1n) is 5.07. The van der Waals surface area contributed by atoms with E-state index >= 15 is 0 Å². The molecule has 90 valence electrons. The summed E-state index contributed by atoms with van der Waals surface area (Å²) in [6.45, 7) is 1.67. The molecule has 0 saturated heterocycles. The number of carbonyl (C=O) groups excluding carboxylic acids is 1. The lowest BCUT2D eigenvalue weighted by molar-refractivity contribution is 0.0740. The van der Waals surface area contributed by atoms with Crippen molar-refractivity contribution in [1.82, 2.24) is 4.90 Å². The van der Waals surface area contributed by atoms with E-state index in [2.05, 4.69) is 0 Å². The lowest BCUT2D eigenvalue weighted by atomic mass is 10.1. The van der Waals surface area contributed by atoms with Crippen molar-refractivity contribution in [3.8, 4) is 6.07 Å². The average molecular weight is 238 g/mol. The van der Waals surface area contributed by atoms with Crippen LogP contribution in [0.5, 0.6) is 0 Å². The predicted octanol–water partition coefficient (Wildman–Crippen LogP) is 2.34. The minimum atomic E-state index is -1.16. The first-order chi connectivity index (χ1) is 7.99. The van der Waals surface area contributed by atoms with Crippen molar-refractivity contribution in [3.05, 3.63) is 35.4 Å². The molecule has 0 heterocycles. The second-order valence-corrected chi connectivity index (χ2v) is 3.73. The van der Waals surface area contributed by atoms with Gasteiger partial charge in [-0.1, -0.05) is 6.07 Å². The summed E-state index contributed by atoms with van der Waals surface area (Å²) in [6, 6.07) is 5.01. The van der Waals surface area contributed by atoms with Gasteiger partial charge in [0.2, 0.25) is 0 Å². The highest BCUT2D eigenvalue weighted by atomic mass is 19.2. The Hall–Kier alpha value is -1.96. The fourth-order valence-electron chi connectivity index (χ4n) is 1.33. The molecule has 0 spiro atoms. The van der Waals surface area contributed by atoms with Gasteiger partial charge in [-0.2, -0.15) is 5.26 Å². The monoisotopic (exact) mass is 238 g/mol. The van der Waals surface area contributed by atoms with Crippen molar-refractivity contribution in [2.75, 3.05) is 7.05 Å². The number of hydrogen-bond acceptors (Lipinski definition) is 2. The summed E-state index contributed by atoms with van der Waals surface area (Å²) in [5.41, 5.74) is -0.322. The lowest BCUT2D eigenvalue weighted by Gasteiger charge is -2.23. The number of amides is 1. The fourth-order valence-corrected chi connectivity index (χ4v) is 1.33. The van der Waals surface area contributed by atoms with Crippen LogP contribution in [0, 0.1) is 23.0 Å². The van der Waals surface area contributed by atoms with Gasteiger partial charge in [0, 0.05) is 13.1 Å². The Labute approximate surface area is 98.3 Å². The standard InChI is InChI=1S/C12H12F2N2O/c1-8(6-7-15)16(2)12(17)9-4-3-5-10(13)11(9)14/h3-5,8H,6H2,1-2H3. The third kappa shape index (κ3) is 2.78. The van der Waals surface area contributed by atoms with E-state index < -0.39 is 17.5 Å². The van der Waals surface area contributed by atoms with E-state index in [1.165, 1.54) is 24.1 Å². The van der Waals surface area contributed by atoms with Crippen LogP contribution < -0.4 is 0 Å². The molecule has 1 atom stereocenters. The maximum Gasteiger partial charge on any atom is 0.256 e. The van der Waals surface area contributed by atoms with Crippen molar-refractivity contribution in [3.63, 3.8) is 0 Å². The van der Waals surface area contributed by atoms with Crippen molar-refractivity contribution in [2.45, 2.75) is 19.4 Å². The molecule has 1 amide bonds. The van der Waals surface area contributed by atoms with Crippen LogP contribution >= 0.6 is 0 Å². The summed E-state index contributed by atoms with van der Waals surface area (Å²) in [5.74, 6) is -2.85. The quantitative estimate of drug-likeness (QED) is 0.811. The van der Waals surface area contributed by atoms with Gasteiger partial charge in [0.1, 0.15) is 0 Å². The fraction of sp³-hybridized carbons (Fsp3) is 0.333. The second kappa shape index (κ2) is 5.39. The van der Waals surface area contributed by atoms with Crippen LogP contribution in [-0.2, 0) is 0 Å². The second-order valence-electron chi connectivity index (χ2n) is 3.73. The molecule has 17 heavy (non-hydrogen) atoms. The Morgan fingerprint density at radius 1 is 1.53 bits per heavy atom. The highest BCUT2D eigenvalue weighted by Crippen LogP contribution is 2.15. The molecule has 1 rings (SSSR count). The number of nitriles is 1. The van der Waals surface area contributed by atoms with Crippen LogP contribution in [0.1, 0.15) is 23.7 Å². The van der Waals surface area contributed by atoms with E-state index in [1.807, 2.05) is 6.07 Å². The van der Waals surface area contributed by atoms with Crippen LogP contribution in [0.2, 0.25) is 0 Å². The van der Waals surface area contributed by atoms with Crippen molar-refractivity contribution >= 4 is 5.91 Å². The van der Waals surface area contributed by atoms with Crippen molar-refractivity contribution < 1.29 is 13.6 Å². The Balaban J connectivity index is 2.97. The Kier molecular flexibility index (Phi) is 4.16. The van der Waals surface area contributed by atoms with Crippen LogP contribution in [0.3, 0.4) is 0 Å². The molecule has 0 aromatic heterocycles. The van der Waals surface area contributed by atoms with Gasteiger partial charge < -0.3 is 4.90 Å². The number of benzene rings is 1. The SMILES string of the molecule is CC(CC#N)N(C)C(=O)c1cccc(F)c1F. The van der Waals surface area contributed by atoms with Crippen LogP contribution in [-0.4, -0.2) is 23.9 Å². The van der Waals surface area contributed by atoms with Crippen molar-refractivity contribution in [1.29, 1.82) is 5.26 Å². The normalized spacial score (nSPS) is 11.7. The molecule has 0 aliphatic carbocycles. The first-order valence-corrected chi connectivity index (χ1v) is 5.07. The van der Waals surface area contributed by atoms with Gasteiger partial charge in [0.05, 0.1) is 18.1 Å². The lowest BCUT2D eigenvalue weighted by Crippen LogP contribution is -2.35. The highest BCUT2D eigenvalue weighted by molar-refractivity contribution is 5.94. The zero-order valence-electron chi connectivity index (χ0n) is 9.58. The van der Waals surface area contributed by atoms with Gasteiger partial charge in [-0.05, 0) is 19.1 Å². The minimum absolute atomic E-state index is 0.138. The molecule has 1 aromatic carbocycles. The minimum Gasteiger partial charge on any atom is -0.338 e. The highest BCUT2D eigenvalue weighted by Gasteiger charge is 2.21. The summed E-state index contributed by atoms with van der Waals surface area (Å²) in [5, 5.41) is 8.51. The number of hydrogen-bond donors (Lipinski definition) is 0. The number of halogens is 2. The topological polar surface area (TPSA) is 44.1 Å². The van der Waals surface area contributed by atoms with E-state index in [4.69, 9.17) is 5.26 Å². The molecule has 0 bridgehead atoms. The van der Waals surface area contributed by atoms with Crippen LogP contribution in [0.25, 0.3) is 0 Å². The van der Waals surface area contributed by atoms with Crippen LogP contribution in [0.15, 0.2) is 18.2 Å². The molecular weight excluding hydrogens is 226 g/mol. The summed E-state index contributed by atoms with van der Waals surface area (Å²) in [6.07, 6.45) is 0.138. The molecule has 5 heteroatoms. The predicted molar refractivity (Wildman–Crippen MR) is 58.1 cm³/mol. The molecule has 0 saturated carbocycles. The molecule has 1 unspecified atom stereocenters. The van der Waals surface area contributed by atoms with Gasteiger partial charge in [0.15, 0.2) is 11.6 Å². The summed E-state index contributed by atoms with van der Waals surface area (Å²) in [4.78, 5) is 13.1. The molecule has 0 radical (unpaired) electrons. The molecule has 0 aliphatic rings. The summed E-state index contributed by atoms with van der Waals surface area (Å²) in [7, 11) is 1.45. The maximum atomic E-state index is 13.4.